The van der Waals surface area contributed by atoms with Crippen LogP contribution in [-0.4, -0.2) is 51.0 Å². The van der Waals surface area contributed by atoms with Crippen molar-refractivity contribution in [1.82, 2.24) is 20.6 Å². The number of fused-ring (bicyclic) bond motifs is 1. The van der Waals surface area contributed by atoms with Crippen molar-refractivity contribution >= 4 is 34.3 Å². The standard InChI is InChI=1S/C26H26N6O5/c33-25(29-16-22(26(34)35)28-15-17-6-2-1-3-7-17)18-10-11-21(23(14-18)32(36)37)27-13-12-24-30-19-8-4-5-9-20(19)31-24/h1-11,14,22,27-28H,12-13,15-16H2,(H,29,33)(H,30,31)(H,34,35)/t22-/m0/s1. The fraction of sp³-hybridized carbons (Fsp3) is 0.192. The molecule has 4 rings (SSSR count). The highest BCUT2D eigenvalue weighted by Crippen LogP contribution is 2.25. The first kappa shape index (κ1) is 25.3. The number of anilines is 1. The minimum absolute atomic E-state index is 0.0572. The average Bonchev–Trinajstić information content (AvgIpc) is 3.32. The zero-order valence-corrected chi connectivity index (χ0v) is 19.8. The SMILES string of the molecule is O=C(NC[C@H](NCc1ccccc1)C(=O)O)c1ccc(NCCc2nc3ccccc3[nH]2)c([N+](=O)[O-])c1. The largest absolute Gasteiger partial charge is 0.480 e. The number of H-pyrrole nitrogens is 1. The lowest BCUT2D eigenvalue weighted by Crippen LogP contribution is -2.45. The number of aromatic amines is 1. The Hall–Kier alpha value is -4.77. The van der Waals surface area contributed by atoms with Gasteiger partial charge in [0.1, 0.15) is 17.6 Å². The molecule has 3 aromatic carbocycles. The second-order valence-electron chi connectivity index (χ2n) is 8.33. The Kier molecular flexibility index (Phi) is 8.06. The molecule has 37 heavy (non-hydrogen) atoms. The number of rotatable bonds is 12. The molecular formula is C26H26N6O5. The van der Waals surface area contributed by atoms with Gasteiger partial charge in [0, 0.05) is 37.7 Å². The van der Waals surface area contributed by atoms with E-state index in [1.165, 1.54) is 18.2 Å². The maximum absolute atomic E-state index is 12.6. The average molecular weight is 503 g/mol. The molecule has 1 aromatic heterocycles. The van der Waals surface area contributed by atoms with Gasteiger partial charge in [-0.3, -0.25) is 25.0 Å². The first-order valence-electron chi connectivity index (χ1n) is 11.6. The van der Waals surface area contributed by atoms with Crippen molar-refractivity contribution in [3.63, 3.8) is 0 Å². The number of amides is 1. The smallest absolute Gasteiger partial charge is 0.322 e. The van der Waals surface area contributed by atoms with E-state index >= 15 is 0 Å². The van der Waals surface area contributed by atoms with Crippen molar-refractivity contribution in [2.75, 3.05) is 18.4 Å². The van der Waals surface area contributed by atoms with Gasteiger partial charge in [0.05, 0.1) is 16.0 Å². The van der Waals surface area contributed by atoms with E-state index < -0.39 is 22.8 Å². The van der Waals surface area contributed by atoms with Crippen LogP contribution in [0.25, 0.3) is 11.0 Å². The van der Waals surface area contributed by atoms with E-state index in [0.29, 0.717) is 19.5 Å². The molecule has 0 aliphatic rings. The summed E-state index contributed by atoms with van der Waals surface area (Å²) in [5.74, 6) is -0.975. The van der Waals surface area contributed by atoms with Crippen molar-refractivity contribution in [3.05, 3.63) is 99.9 Å². The van der Waals surface area contributed by atoms with E-state index in [2.05, 4.69) is 25.9 Å². The lowest BCUT2D eigenvalue weighted by Gasteiger charge is -2.15. The molecule has 1 atom stereocenters. The van der Waals surface area contributed by atoms with Crippen LogP contribution >= 0.6 is 0 Å². The van der Waals surface area contributed by atoms with Gasteiger partial charge < -0.3 is 20.7 Å². The van der Waals surface area contributed by atoms with Crippen LogP contribution in [0.1, 0.15) is 21.7 Å². The summed E-state index contributed by atoms with van der Waals surface area (Å²) in [5, 5.41) is 29.6. The lowest BCUT2D eigenvalue weighted by atomic mass is 10.1. The number of nitrogens with zero attached hydrogens (tertiary/aromatic N) is 2. The molecule has 0 saturated carbocycles. The van der Waals surface area contributed by atoms with Crippen molar-refractivity contribution in [1.29, 1.82) is 0 Å². The molecule has 4 aromatic rings. The van der Waals surface area contributed by atoms with Gasteiger partial charge in [-0.05, 0) is 29.8 Å². The van der Waals surface area contributed by atoms with Crippen LogP contribution in [0.2, 0.25) is 0 Å². The van der Waals surface area contributed by atoms with Crippen molar-refractivity contribution in [2.24, 2.45) is 0 Å². The third-order valence-corrected chi connectivity index (χ3v) is 5.73. The van der Waals surface area contributed by atoms with Crippen molar-refractivity contribution in [2.45, 2.75) is 19.0 Å². The van der Waals surface area contributed by atoms with E-state index in [1.54, 1.807) is 0 Å². The van der Waals surface area contributed by atoms with Crippen LogP contribution in [0.5, 0.6) is 0 Å². The van der Waals surface area contributed by atoms with Crippen LogP contribution in [0.15, 0.2) is 72.8 Å². The Bertz CT molecular complexity index is 1370. The van der Waals surface area contributed by atoms with Gasteiger partial charge in [0.25, 0.3) is 11.6 Å². The zero-order chi connectivity index (χ0) is 26.2. The molecule has 0 unspecified atom stereocenters. The molecule has 0 radical (unpaired) electrons. The summed E-state index contributed by atoms with van der Waals surface area (Å²) in [6, 6.07) is 20.0. The van der Waals surface area contributed by atoms with E-state index in [-0.39, 0.29) is 23.5 Å². The summed E-state index contributed by atoms with van der Waals surface area (Å²) in [6.07, 6.45) is 0.515. The van der Waals surface area contributed by atoms with Gasteiger partial charge in [0.15, 0.2) is 0 Å². The Labute approximate surface area is 212 Å². The van der Waals surface area contributed by atoms with Crippen LogP contribution in [0.4, 0.5) is 11.4 Å². The number of hydrogen-bond acceptors (Lipinski definition) is 7. The minimum atomic E-state index is -1.12. The quantitative estimate of drug-likeness (QED) is 0.146. The number of nitrogens with one attached hydrogen (secondary N) is 4. The van der Waals surface area contributed by atoms with E-state index in [4.69, 9.17) is 0 Å². The third kappa shape index (κ3) is 6.67. The number of para-hydroxylation sites is 2. The summed E-state index contributed by atoms with van der Waals surface area (Å²) < 4.78 is 0. The van der Waals surface area contributed by atoms with Gasteiger partial charge >= 0.3 is 5.97 Å². The second-order valence-corrected chi connectivity index (χ2v) is 8.33. The molecular weight excluding hydrogens is 476 g/mol. The Morgan fingerprint density at radius 2 is 1.81 bits per heavy atom. The number of benzene rings is 3. The number of aromatic nitrogens is 2. The summed E-state index contributed by atoms with van der Waals surface area (Å²) in [6.45, 7) is 0.513. The van der Waals surface area contributed by atoms with E-state index in [0.717, 1.165) is 22.4 Å². The highest BCUT2D eigenvalue weighted by atomic mass is 16.6. The lowest BCUT2D eigenvalue weighted by molar-refractivity contribution is -0.384. The van der Waals surface area contributed by atoms with E-state index in [9.17, 15) is 24.8 Å². The molecule has 0 bridgehead atoms. The highest BCUT2D eigenvalue weighted by Gasteiger charge is 2.21. The number of carbonyl (C=O) groups is 2. The fourth-order valence-electron chi connectivity index (χ4n) is 3.79. The van der Waals surface area contributed by atoms with Crippen LogP contribution in [-0.2, 0) is 17.8 Å². The molecule has 11 heteroatoms. The van der Waals surface area contributed by atoms with Crippen LogP contribution < -0.4 is 16.0 Å². The normalized spacial score (nSPS) is 11.7. The summed E-state index contributed by atoms with van der Waals surface area (Å²) in [7, 11) is 0. The molecule has 0 saturated heterocycles. The Balaban J connectivity index is 1.35. The summed E-state index contributed by atoms with van der Waals surface area (Å²) in [5.41, 5.74) is 2.74. The van der Waals surface area contributed by atoms with Gasteiger partial charge in [-0.15, -0.1) is 0 Å². The molecule has 190 valence electrons. The molecule has 1 amide bonds. The highest BCUT2D eigenvalue weighted by molar-refractivity contribution is 5.96. The van der Waals surface area contributed by atoms with Crippen LogP contribution in [0.3, 0.4) is 0 Å². The maximum Gasteiger partial charge on any atom is 0.322 e. The number of hydrogen-bond donors (Lipinski definition) is 5. The Morgan fingerprint density at radius 1 is 1.05 bits per heavy atom. The number of aliphatic carboxylic acids is 1. The number of imidazole rings is 1. The molecule has 0 aliphatic carbocycles. The number of nitro benzene ring substituents is 1. The van der Waals surface area contributed by atoms with Crippen molar-refractivity contribution < 1.29 is 19.6 Å². The number of carbonyl (C=O) groups excluding carboxylic acids is 1. The first-order chi connectivity index (χ1) is 17.9. The third-order valence-electron chi connectivity index (χ3n) is 5.73. The fourth-order valence-corrected chi connectivity index (χ4v) is 3.79. The van der Waals surface area contributed by atoms with Crippen LogP contribution in [0, 0.1) is 10.1 Å². The number of carboxylic acid groups (broad SMARTS) is 1. The Morgan fingerprint density at radius 3 is 2.54 bits per heavy atom. The first-order valence-corrected chi connectivity index (χ1v) is 11.6. The number of nitro groups is 1. The second kappa shape index (κ2) is 11.8. The van der Waals surface area contributed by atoms with Gasteiger partial charge in [0.2, 0.25) is 0 Å². The van der Waals surface area contributed by atoms with Gasteiger partial charge in [-0.25, -0.2) is 4.98 Å². The summed E-state index contributed by atoms with van der Waals surface area (Å²) in [4.78, 5) is 43.0. The van der Waals surface area contributed by atoms with Gasteiger partial charge in [-0.2, -0.15) is 0 Å². The molecule has 0 aliphatic heterocycles. The predicted octanol–water partition coefficient (Wildman–Crippen LogP) is 3.10. The van der Waals surface area contributed by atoms with E-state index in [1.807, 2.05) is 54.6 Å². The molecule has 11 nitrogen and oxygen atoms in total. The molecule has 0 spiro atoms. The topological polar surface area (TPSA) is 162 Å². The summed E-state index contributed by atoms with van der Waals surface area (Å²) >= 11 is 0. The molecule has 5 N–H and O–H groups in total. The molecule has 1 heterocycles. The van der Waals surface area contributed by atoms with Gasteiger partial charge in [-0.1, -0.05) is 42.5 Å². The minimum Gasteiger partial charge on any atom is -0.480 e. The zero-order valence-electron chi connectivity index (χ0n) is 19.8. The van der Waals surface area contributed by atoms with Crippen molar-refractivity contribution in [3.8, 4) is 0 Å². The maximum atomic E-state index is 12.6. The monoisotopic (exact) mass is 502 g/mol. The predicted molar refractivity (Wildman–Crippen MR) is 138 cm³/mol. The molecule has 0 fully saturated rings. The number of carboxylic acids is 1.